The molecule has 8 nitrogen and oxygen atoms in total. The SMILES string of the molecule is CC(c1cc2ccccc2o1)N(C)C(=O)CSc1nc2c(cnn2-c2ccccc2)c(=O)[nH]1. The van der Waals surface area contributed by atoms with E-state index in [1.54, 1.807) is 16.6 Å². The number of fused-ring (bicyclic) bond motifs is 2. The van der Waals surface area contributed by atoms with Gasteiger partial charge in [0, 0.05) is 12.4 Å². The minimum Gasteiger partial charge on any atom is -0.459 e. The fourth-order valence-electron chi connectivity index (χ4n) is 3.57. The Morgan fingerprint density at radius 3 is 2.73 bits per heavy atom. The molecule has 1 N–H and O–H groups in total. The van der Waals surface area contributed by atoms with Crippen molar-refractivity contribution in [3.63, 3.8) is 0 Å². The van der Waals surface area contributed by atoms with Crippen molar-refractivity contribution in [3.8, 4) is 5.69 Å². The first-order valence-corrected chi connectivity index (χ1v) is 11.4. The summed E-state index contributed by atoms with van der Waals surface area (Å²) in [5, 5.41) is 6.06. The topological polar surface area (TPSA) is 97.0 Å². The molecule has 166 valence electrons. The zero-order valence-electron chi connectivity index (χ0n) is 18.1. The van der Waals surface area contributed by atoms with E-state index in [-0.39, 0.29) is 23.3 Å². The second-order valence-corrected chi connectivity index (χ2v) is 8.62. The molecule has 0 radical (unpaired) electrons. The highest BCUT2D eigenvalue weighted by atomic mass is 32.2. The molecule has 9 heteroatoms. The molecule has 0 bridgehead atoms. The Morgan fingerprint density at radius 1 is 1.18 bits per heavy atom. The minimum atomic E-state index is -0.291. The number of benzene rings is 2. The number of H-pyrrole nitrogens is 1. The maximum absolute atomic E-state index is 12.9. The normalized spacial score (nSPS) is 12.3. The molecular formula is C24H21N5O3S. The summed E-state index contributed by atoms with van der Waals surface area (Å²) in [7, 11) is 1.74. The molecule has 0 aliphatic carbocycles. The fraction of sp³-hybridized carbons (Fsp3) is 0.167. The van der Waals surface area contributed by atoms with Gasteiger partial charge in [-0.25, -0.2) is 9.67 Å². The van der Waals surface area contributed by atoms with Gasteiger partial charge in [-0.05, 0) is 31.2 Å². The first-order valence-electron chi connectivity index (χ1n) is 10.4. The van der Waals surface area contributed by atoms with Crippen LogP contribution in [0.4, 0.5) is 0 Å². The molecule has 3 heterocycles. The zero-order chi connectivity index (χ0) is 22.9. The first-order chi connectivity index (χ1) is 16.0. The second-order valence-electron chi connectivity index (χ2n) is 7.66. The van der Waals surface area contributed by atoms with Crippen LogP contribution in [0.2, 0.25) is 0 Å². The van der Waals surface area contributed by atoms with Crippen LogP contribution in [0.15, 0.2) is 81.2 Å². The van der Waals surface area contributed by atoms with E-state index >= 15 is 0 Å². The quantitative estimate of drug-likeness (QED) is 0.302. The van der Waals surface area contributed by atoms with Gasteiger partial charge < -0.3 is 14.3 Å². The maximum atomic E-state index is 12.9. The molecule has 2 aromatic carbocycles. The molecule has 1 unspecified atom stereocenters. The van der Waals surface area contributed by atoms with Gasteiger partial charge >= 0.3 is 0 Å². The monoisotopic (exact) mass is 459 g/mol. The highest BCUT2D eigenvalue weighted by Gasteiger charge is 2.21. The highest BCUT2D eigenvalue weighted by Crippen LogP contribution is 2.27. The van der Waals surface area contributed by atoms with Gasteiger partial charge in [0.15, 0.2) is 10.8 Å². The number of hydrogen-bond donors (Lipinski definition) is 1. The van der Waals surface area contributed by atoms with Crippen LogP contribution in [0.25, 0.3) is 27.7 Å². The van der Waals surface area contributed by atoms with Crippen molar-refractivity contribution in [2.24, 2.45) is 0 Å². The number of amides is 1. The van der Waals surface area contributed by atoms with Gasteiger partial charge in [-0.2, -0.15) is 5.10 Å². The van der Waals surface area contributed by atoms with Crippen molar-refractivity contribution in [1.82, 2.24) is 24.6 Å². The number of nitrogens with zero attached hydrogens (tertiary/aromatic N) is 4. The zero-order valence-corrected chi connectivity index (χ0v) is 18.9. The Morgan fingerprint density at radius 2 is 1.94 bits per heavy atom. The van der Waals surface area contributed by atoms with Crippen LogP contribution in [0, 0.1) is 0 Å². The van der Waals surface area contributed by atoms with Gasteiger partial charge in [0.25, 0.3) is 5.56 Å². The van der Waals surface area contributed by atoms with Crippen LogP contribution < -0.4 is 5.56 Å². The molecule has 0 saturated carbocycles. The fourth-order valence-corrected chi connectivity index (χ4v) is 4.35. The molecule has 5 aromatic rings. The van der Waals surface area contributed by atoms with E-state index < -0.39 is 0 Å². The molecule has 1 atom stereocenters. The lowest BCUT2D eigenvalue weighted by Crippen LogP contribution is -2.31. The summed E-state index contributed by atoms with van der Waals surface area (Å²) < 4.78 is 7.52. The number of para-hydroxylation sites is 2. The van der Waals surface area contributed by atoms with Gasteiger partial charge in [-0.3, -0.25) is 9.59 Å². The number of aromatic amines is 1. The second kappa shape index (κ2) is 8.59. The summed E-state index contributed by atoms with van der Waals surface area (Å²) in [5.41, 5.74) is 1.75. The average Bonchev–Trinajstić information content (AvgIpc) is 3.47. The van der Waals surface area contributed by atoms with E-state index in [0.29, 0.717) is 16.2 Å². The average molecular weight is 460 g/mol. The molecule has 0 fully saturated rings. The molecule has 0 aliphatic rings. The van der Waals surface area contributed by atoms with E-state index in [1.807, 2.05) is 67.6 Å². The van der Waals surface area contributed by atoms with Crippen LogP contribution in [0.1, 0.15) is 18.7 Å². The minimum absolute atomic E-state index is 0.104. The Kier molecular flexibility index (Phi) is 5.47. The standard InChI is InChI=1S/C24H21N5O3S/c1-15(20-12-16-8-6-7-11-19(16)32-20)28(2)21(30)14-33-24-26-22-18(23(31)27-24)13-25-29(22)17-9-4-3-5-10-17/h3-13,15H,14H2,1-2H3,(H,26,27,31). The molecule has 33 heavy (non-hydrogen) atoms. The number of nitrogens with one attached hydrogen (secondary N) is 1. The van der Waals surface area contributed by atoms with Crippen LogP contribution in [-0.2, 0) is 4.79 Å². The predicted molar refractivity (Wildman–Crippen MR) is 128 cm³/mol. The van der Waals surface area contributed by atoms with Gasteiger partial charge in [-0.15, -0.1) is 0 Å². The summed E-state index contributed by atoms with van der Waals surface area (Å²) in [4.78, 5) is 34.3. The summed E-state index contributed by atoms with van der Waals surface area (Å²) in [6.07, 6.45) is 1.50. The molecular weight excluding hydrogens is 438 g/mol. The third-order valence-electron chi connectivity index (χ3n) is 5.58. The smallest absolute Gasteiger partial charge is 0.262 e. The predicted octanol–water partition coefficient (Wildman–Crippen LogP) is 4.17. The van der Waals surface area contributed by atoms with E-state index in [2.05, 4.69) is 15.1 Å². The van der Waals surface area contributed by atoms with Gasteiger partial charge in [0.2, 0.25) is 5.91 Å². The summed E-state index contributed by atoms with van der Waals surface area (Å²) in [5.74, 6) is 0.735. The molecule has 0 saturated heterocycles. The number of carbonyl (C=O) groups is 1. The number of carbonyl (C=O) groups excluding carboxylic acids is 1. The lowest BCUT2D eigenvalue weighted by Gasteiger charge is -2.23. The van der Waals surface area contributed by atoms with Gasteiger partial charge in [0.05, 0.1) is 23.7 Å². The molecule has 0 spiro atoms. The maximum Gasteiger partial charge on any atom is 0.262 e. The third kappa shape index (κ3) is 4.03. The van der Waals surface area contributed by atoms with Crippen molar-refractivity contribution in [2.45, 2.75) is 18.1 Å². The van der Waals surface area contributed by atoms with E-state index in [4.69, 9.17) is 4.42 Å². The summed E-state index contributed by atoms with van der Waals surface area (Å²) in [6, 6.07) is 18.9. The van der Waals surface area contributed by atoms with Crippen LogP contribution in [0.5, 0.6) is 0 Å². The van der Waals surface area contributed by atoms with Gasteiger partial charge in [0.1, 0.15) is 16.7 Å². The number of hydrogen-bond acceptors (Lipinski definition) is 6. The number of furan rings is 1. The lowest BCUT2D eigenvalue weighted by molar-refractivity contribution is -0.129. The van der Waals surface area contributed by atoms with Crippen molar-refractivity contribution in [1.29, 1.82) is 0 Å². The molecule has 3 aromatic heterocycles. The number of rotatable bonds is 6. The Balaban J connectivity index is 1.33. The van der Waals surface area contributed by atoms with Crippen LogP contribution in [0.3, 0.4) is 0 Å². The summed E-state index contributed by atoms with van der Waals surface area (Å²) >= 11 is 1.18. The van der Waals surface area contributed by atoms with Crippen LogP contribution in [-0.4, -0.2) is 43.4 Å². The third-order valence-corrected chi connectivity index (χ3v) is 6.44. The largest absolute Gasteiger partial charge is 0.459 e. The molecule has 5 rings (SSSR count). The van der Waals surface area contributed by atoms with Crippen molar-refractivity contribution in [3.05, 3.63) is 83.0 Å². The Labute approximate surface area is 193 Å². The van der Waals surface area contributed by atoms with Crippen molar-refractivity contribution >= 4 is 39.7 Å². The number of thioether (sulfide) groups is 1. The first kappa shape index (κ1) is 21.0. The van der Waals surface area contributed by atoms with E-state index in [9.17, 15) is 9.59 Å². The molecule has 0 aliphatic heterocycles. The summed E-state index contributed by atoms with van der Waals surface area (Å²) in [6.45, 7) is 1.92. The Bertz CT molecular complexity index is 1470. The molecule has 1 amide bonds. The Hall–Kier alpha value is -3.85. The van der Waals surface area contributed by atoms with E-state index in [0.717, 1.165) is 22.4 Å². The van der Waals surface area contributed by atoms with Crippen molar-refractivity contribution < 1.29 is 9.21 Å². The number of aromatic nitrogens is 4. The van der Waals surface area contributed by atoms with Crippen LogP contribution >= 0.6 is 11.8 Å². The highest BCUT2D eigenvalue weighted by molar-refractivity contribution is 7.99. The van der Waals surface area contributed by atoms with Crippen molar-refractivity contribution in [2.75, 3.05) is 12.8 Å². The van der Waals surface area contributed by atoms with Gasteiger partial charge in [-0.1, -0.05) is 48.2 Å². The lowest BCUT2D eigenvalue weighted by atomic mass is 10.2. The van der Waals surface area contributed by atoms with E-state index in [1.165, 1.54) is 18.0 Å².